The lowest BCUT2D eigenvalue weighted by atomic mass is 9.52. The molecule has 11 nitrogen and oxygen atoms in total. The molecule has 266 valence electrons. The van der Waals surface area contributed by atoms with Crippen LogP contribution in [0.5, 0.6) is 0 Å². The summed E-state index contributed by atoms with van der Waals surface area (Å²) in [4.78, 5) is 71.6. The van der Waals surface area contributed by atoms with Crippen molar-refractivity contribution in [1.82, 2.24) is 20.4 Å². The van der Waals surface area contributed by atoms with E-state index < -0.39 is 23.8 Å². The van der Waals surface area contributed by atoms with Crippen LogP contribution in [0, 0.1) is 16.7 Å². The number of carbonyl (C=O) groups excluding carboxylic acids is 5. The summed E-state index contributed by atoms with van der Waals surface area (Å²) >= 11 is 0. The van der Waals surface area contributed by atoms with Crippen molar-refractivity contribution in [3.63, 3.8) is 0 Å². The van der Waals surface area contributed by atoms with Gasteiger partial charge in [-0.1, -0.05) is 27.7 Å². The van der Waals surface area contributed by atoms with Gasteiger partial charge in [0, 0.05) is 68.7 Å². The Morgan fingerprint density at radius 3 is 2.04 bits per heavy atom. The van der Waals surface area contributed by atoms with Gasteiger partial charge in [0.15, 0.2) is 0 Å². The van der Waals surface area contributed by atoms with Crippen LogP contribution in [-0.4, -0.2) is 97.2 Å². The van der Waals surface area contributed by atoms with Crippen molar-refractivity contribution < 1.29 is 24.0 Å². The molecule has 0 spiro atoms. The third kappa shape index (κ3) is 6.52. The van der Waals surface area contributed by atoms with Crippen molar-refractivity contribution >= 4 is 40.9 Å². The van der Waals surface area contributed by atoms with E-state index >= 15 is 0 Å². The largest absolute Gasteiger partial charge is 0.372 e. The number of hydrogen-bond donors (Lipinski definition) is 2. The van der Waals surface area contributed by atoms with Crippen molar-refractivity contribution in [3.8, 4) is 0 Å². The minimum absolute atomic E-state index is 0.0131. The van der Waals surface area contributed by atoms with Crippen molar-refractivity contribution in [3.05, 3.63) is 59.2 Å². The first-order valence-electron chi connectivity index (χ1n) is 18.3. The topological polar surface area (TPSA) is 122 Å². The zero-order valence-corrected chi connectivity index (χ0v) is 29.8. The lowest BCUT2D eigenvalue weighted by Gasteiger charge is -2.57. The SMILES string of the molecule is CC1(C)CC(C)(C)C1NC(=O)c1ccc(N2CCC(CCN3CCN(c4ccc5c(c4)C(=O)N(C4CCC(=O)NC4=O)C5=O)CC3)CC2)cc1. The zero-order valence-electron chi connectivity index (χ0n) is 29.8. The van der Waals surface area contributed by atoms with E-state index in [0.29, 0.717) is 17.0 Å². The molecule has 0 aromatic heterocycles. The van der Waals surface area contributed by atoms with Gasteiger partial charge in [0.1, 0.15) is 6.04 Å². The summed E-state index contributed by atoms with van der Waals surface area (Å²) in [5, 5.41) is 5.54. The fourth-order valence-corrected chi connectivity index (χ4v) is 9.46. The molecule has 4 fully saturated rings. The number of imide groups is 2. The molecule has 3 saturated heterocycles. The van der Waals surface area contributed by atoms with Crippen LogP contribution in [0.4, 0.5) is 11.4 Å². The van der Waals surface area contributed by atoms with Crippen molar-refractivity contribution in [2.45, 2.75) is 78.3 Å². The van der Waals surface area contributed by atoms with Crippen LogP contribution in [-0.2, 0) is 9.59 Å². The highest BCUT2D eigenvalue weighted by Gasteiger charge is 2.53. The van der Waals surface area contributed by atoms with E-state index in [0.717, 1.165) is 81.2 Å². The predicted octanol–water partition coefficient (Wildman–Crippen LogP) is 4.07. The van der Waals surface area contributed by atoms with Gasteiger partial charge >= 0.3 is 0 Å². The number of nitrogens with zero attached hydrogens (tertiary/aromatic N) is 4. The van der Waals surface area contributed by atoms with E-state index in [4.69, 9.17) is 0 Å². The van der Waals surface area contributed by atoms with E-state index in [1.165, 1.54) is 12.1 Å². The van der Waals surface area contributed by atoms with E-state index in [1.807, 2.05) is 18.2 Å². The third-order valence-electron chi connectivity index (χ3n) is 11.9. The van der Waals surface area contributed by atoms with Gasteiger partial charge in [-0.05, 0) is 97.9 Å². The predicted molar refractivity (Wildman–Crippen MR) is 191 cm³/mol. The maximum Gasteiger partial charge on any atom is 0.262 e. The van der Waals surface area contributed by atoms with Gasteiger partial charge in [0.25, 0.3) is 17.7 Å². The molecule has 11 heteroatoms. The fraction of sp³-hybridized carbons (Fsp3) is 0.564. The van der Waals surface area contributed by atoms with Gasteiger partial charge in [0.05, 0.1) is 11.1 Å². The number of amides is 5. The highest BCUT2D eigenvalue weighted by Crippen LogP contribution is 2.53. The second-order valence-electron chi connectivity index (χ2n) is 16.3. The van der Waals surface area contributed by atoms with Gasteiger partial charge in [-0.15, -0.1) is 0 Å². The van der Waals surface area contributed by atoms with Gasteiger partial charge in [-0.25, -0.2) is 0 Å². The van der Waals surface area contributed by atoms with Gasteiger partial charge in [0.2, 0.25) is 11.8 Å². The number of rotatable bonds is 8. The van der Waals surface area contributed by atoms with E-state index in [-0.39, 0.29) is 41.5 Å². The Hall–Kier alpha value is -4.25. The molecule has 2 aromatic carbocycles. The number of nitrogens with one attached hydrogen (secondary N) is 2. The molecule has 2 N–H and O–H groups in total. The zero-order chi connectivity index (χ0) is 35.4. The molecule has 5 aliphatic rings. The van der Waals surface area contributed by atoms with Crippen molar-refractivity contribution in [2.24, 2.45) is 16.7 Å². The Balaban J connectivity index is 0.848. The smallest absolute Gasteiger partial charge is 0.262 e. The number of fused-ring (bicyclic) bond motifs is 1. The normalized spacial score (nSPS) is 24.2. The van der Waals surface area contributed by atoms with Crippen LogP contribution >= 0.6 is 0 Å². The number of carbonyl (C=O) groups is 5. The average molecular weight is 683 g/mol. The van der Waals surface area contributed by atoms with E-state index in [9.17, 15) is 24.0 Å². The molecule has 4 heterocycles. The lowest BCUT2D eigenvalue weighted by molar-refractivity contribution is -0.136. The van der Waals surface area contributed by atoms with Crippen LogP contribution in [0.25, 0.3) is 0 Å². The highest BCUT2D eigenvalue weighted by molar-refractivity contribution is 6.23. The summed E-state index contributed by atoms with van der Waals surface area (Å²) < 4.78 is 0. The summed E-state index contributed by atoms with van der Waals surface area (Å²) in [5.41, 5.74) is 3.69. The minimum atomic E-state index is -0.956. The molecule has 1 saturated carbocycles. The van der Waals surface area contributed by atoms with Crippen LogP contribution in [0.3, 0.4) is 0 Å². The van der Waals surface area contributed by atoms with Crippen LogP contribution < -0.4 is 20.4 Å². The third-order valence-corrected chi connectivity index (χ3v) is 11.9. The van der Waals surface area contributed by atoms with Crippen molar-refractivity contribution in [1.29, 1.82) is 0 Å². The number of piperazine rings is 1. The molecule has 2 aromatic rings. The molecule has 0 radical (unpaired) electrons. The first-order valence-corrected chi connectivity index (χ1v) is 18.3. The molecular formula is C39H50N6O5. The number of piperidine rings is 2. The molecule has 1 aliphatic carbocycles. The van der Waals surface area contributed by atoms with Crippen LogP contribution in [0.1, 0.15) is 97.3 Å². The first-order chi connectivity index (χ1) is 23.8. The molecule has 0 bridgehead atoms. The molecule has 4 aliphatic heterocycles. The summed E-state index contributed by atoms with van der Waals surface area (Å²) in [6.07, 6.45) is 4.85. The first kappa shape index (κ1) is 34.2. The Kier molecular flexibility index (Phi) is 8.99. The maximum atomic E-state index is 13.3. The molecule has 5 amide bonds. The molecule has 50 heavy (non-hydrogen) atoms. The number of benzene rings is 2. The maximum absolute atomic E-state index is 13.3. The average Bonchev–Trinajstić information content (AvgIpc) is 3.34. The lowest BCUT2D eigenvalue weighted by Crippen LogP contribution is -2.63. The second kappa shape index (κ2) is 13.1. The summed E-state index contributed by atoms with van der Waals surface area (Å²) in [6.45, 7) is 15.6. The number of anilines is 2. The minimum Gasteiger partial charge on any atom is -0.372 e. The Morgan fingerprint density at radius 1 is 0.780 bits per heavy atom. The van der Waals surface area contributed by atoms with Gasteiger partial charge in [-0.3, -0.25) is 39.1 Å². The Labute approximate surface area is 294 Å². The number of hydrogen-bond acceptors (Lipinski definition) is 8. The summed E-state index contributed by atoms with van der Waals surface area (Å²) in [7, 11) is 0. The molecule has 7 rings (SSSR count). The highest BCUT2D eigenvalue weighted by atomic mass is 16.2. The van der Waals surface area contributed by atoms with E-state index in [2.05, 4.69) is 65.2 Å². The Morgan fingerprint density at radius 2 is 1.40 bits per heavy atom. The molecule has 1 unspecified atom stereocenters. The van der Waals surface area contributed by atoms with Crippen molar-refractivity contribution in [2.75, 3.05) is 55.6 Å². The monoisotopic (exact) mass is 682 g/mol. The molecule has 1 atom stereocenters. The van der Waals surface area contributed by atoms with Gasteiger partial charge in [-0.2, -0.15) is 0 Å². The Bertz CT molecular complexity index is 1670. The van der Waals surface area contributed by atoms with Gasteiger partial charge < -0.3 is 15.1 Å². The summed E-state index contributed by atoms with van der Waals surface area (Å²) in [5.74, 6) is -1.22. The van der Waals surface area contributed by atoms with Crippen LogP contribution in [0.15, 0.2) is 42.5 Å². The quantitative estimate of drug-likeness (QED) is 0.400. The van der Waals surface area contributed by atoms with E-state index in [1.54, 1.807) is 12.1 Å². The van der Waals surface area contributed by atoms with Crippen LogP contribution in [0.2, 0.25) is 0 Å². The fourth-order valence-electron chi connectivity index (χ4n) is 9.46. The second-order valence-corrected chi connectivity index (χ2v) is 16.3. The standard InChI is InChI=1S/C39H50N6O5/c1-38(2)24-39(3,4)37(38)41-33(47)26-5-7-27(8-6-26)43-17-14-25(15-18-43)13-16-42-19-21-44(22-20-42)28-9-10-29-30(23-28)36(50)45(35(29)49)31-11-12-32(46)40-34(31)48/h5-10,23,25,31,37H,11-22,24H2,1-4H3,(H,41,47)(H,40,46,48). The molecular weight excluding hydrogens is 632 g/mol. The summed E-state index contributed by atoms with van der Waals surface area (Å²) in [6, 6.07) is 12.7.